The molecule has 2 nitrogen and oxygen atoms in total. The summed E-state index contributed by atoms with van der Waals surface area (Å²) in [6.45, 7) is 12.3. The monoisotopic (exact) mass is 512 g/mol. The third-order valence-electron chi connectivity index (χ3n) is 11.6. The minimum Gasteiger partial charge on any atom is -0.462 e. The van der Waals surface area contributed by atoms with E-state index >= 15 is 0 Å². The fraction of sp³-hybridized carbons (Fsp3) is 0.914. The molecule has 1 unspecified atom stereocenters. The maximum absolute atomic E-state index is 12.5. The second-order valence-electron chi connectivity index (χ2n) is 14.5. The largest absolute Gasteiger partial charge is 0.462 e. The maximum atomic E-state index is 12.5. The van der Waals surface area contributed by atoms with Crippen molar-refractivity contribution in [2.24, 2.45) is 46.8 Å². The Morgan fingerprint density at radius 1 is 0.946 bits per heavy atom. The van der Waals surface area contributed by atoms with Crippen LogP contribution in [0, 0.1) is 46.8 Å². The lowest BCUT2D eigenvalue weighted by Gasteiger charge is -2.54. The summed E-state index contributed by atoms with van der Waals surface area (Å²) >= 11 is 0. The highest BCUT2D eigenvalue weighted by Gasteiger charge is 2.56. The van der Waals surface area contributed by atoms with Crippen molar-refractivity contribution in [2.45, 2.75) is 156 Å². The fourth-order valence-corrected chi connectivity index (χ4v) is 9.65. The molecule has 4 aliphatic rings. The first-order valence-electron chi connectivity index (χ1n) is 16.7. The van der Waals surface area contributed by atoms with E-state index in [9.17, 15) is 4.79 Å². The van der Waals surface area contributed by atoms with E-state index in [-0.39, 0.29) is 12.1 Å². The minimum absolute atomic E-state index is 0.0566. The first-order valence-corrected chi connectivity index (χ1v) is 16.7. The molecule has 8 atom stereocenters. The van der Waals surface area contributed by atoms with E-state index in [4.69, 9.17) is 4.74 Å². The van der Waals surface area contributed by atoms with Crippen LogP contribution in [0.2, 0.25) is 0 Å². The van der Waals surface area contributed by atoms with Crippen LogP contribution in [-0.4, -0.2) is 12.1 Å². The van der Waals surface area contributed by atoms with E-state index in [0.717, 1.165) is 60.7 Å². The van der Waals surface area contributed by atoms with Gasteiger partial charge in [0, 0.05) is 12.8 Å². The van der Waals surface area contributed by atoms with Crippen molar-refractivity contribution in [1.82, 2.24) is 0 Å². The van der Waals surface area contributed by atoms with Crippen LogP contribution >= 0.6 is 0 Å². The first-order chi connectivity index (χ1) is 17.8. The number of rotatable bonds is 13. The SMILES string of the molecule is CCCCCCCCC(=O)O[C@H]1CCC2C(=CC[C@H]3[C@H]4CC[C@H]([C@H](C)CCCC(C)C)[C@@]4(C)CC[C@@H]23)C1. The molecule has 37 heavy (non-hydrogen) atoms. The Kier molecular flexibility index (Phi) is 10.7. The Bertz CT molecular complexity index is 752. The predicted octanol–water partition coefficient (Wildman–Crippen LogP) is 10.3. The third-order valence-corrected chi connectivity index (χ3v) is 11.6. The molecule has 0 heterocycles. The summed E-state index contributed by atoms with van der Waals surface area (Å²) in [4.78, 5) is 12.5. The fourth-order valence-electron chi connectivity index (χ4n) is 9.65. The van der Waals surface area contributed by atoms with Gasteiger partial charge in [-0.05, 0) is 98.2 Å². The lowest BCUT2D eigenvalue weighted by atomic mass is 9.51. The molecule has 0 aliphatic heterocycles. The number of carbonyl (C=O) groups is 1. The van der Waals surface area contributed by atoms with E-state index in [0.29, 0.717) is 11.8 Å². The van der Waals surface area contributed by atoms with Gasteiger partial charge in [-0.3, -0.25) is 4.79 Å². The molecule has 4 rings (SSSR count). The highest BCUT2D eigenvalue weighted by molar-refractivity contribution is 5.69. The third kappa shape index (κ3) is 7.05. The van der Waals surface area contributed by atoms with Crippen LogP contribution in [0.3, 0.4) is 0 Å². The van der Waals surface area contributed by atoms with Crippen molar-refractivity contribution in [1.29, 1.82) is 0 Å². The number of hydrogen-bond acceptors (Lipinski definition) is 2. The topological polar surface area (TPSA) is 26.3 Å². The molecule has 0 bridgehead atoms. The quantitative estimate of drug-likeness (QED) is 0.139. The number of carbonyl (C=O) groups excluding carboxylic acids is 1. The van der Waals surface area contributed by atoms with E-state index in [1.54, 1.807) is 5.57 Å². The number of allylic oxidation sites excluding steroid dienone is 1. The molecular weight excluding hydrogens is 452 g/mol. The van der Waals surface area contributed by atoms with Crippen LogP contribution in [0.25, 0.3) is 0 Å². The van der Waals surface area contributed by atoms with Crippen LogP contribution in [0.15, 0.2) is 11.6 Å². The molecule has 3 saturated carbocycles. The van der Waals surface area contributed by atoms with Crippen molar-refractivity contribution in [2.75, 3.05) is 0 Å². The molecular formula is C35H60O2. The van der Waals surface area contributed by atoms with Crippen LogP contribution < -0.4 is 0 Å². The van der Waals surface area contributed by atoms with E-state index < -0.39 is 0 Å². The Balaban J connectivity index is 1.27. The van der Waals surface area contributed by atoms with Crippen LogP contribution in [0.5, 0.6) is 0 Å². The predicted molar refractivity (Wildman–Crippen MR) is 156 cm³/mol. The van der Waals surface area contributed by atoms with Gasteiger partial charge in [-0.25, -0.2) is 0 Å². The van der Waals surface area contributed by atoms with Gasteiger partial charge in [-0.2, -0.15) is 0 Å². The molecule has 0 aromatic heterocycles. The number of ether oxygens (including phenoxy) is 1. The second kappa shape index (κ2) is 13.5. The lowest BCUT2D eigenvalue weighted by Crippen LogP contribution is -2.47. The Morgan fingerprint density at radius 3 is 2.51 bits per heavy atom. The number of fused-ring (bicyclic) bond motifs is 5. The molecule has 4 aliphatic carbocycles. The Hall–Kier alpha value is -0.790. The Morgan fingerprint density at radius 2 is 1.73 bits per heavy atom. The zero-order valence-corrected chi connectivity index (χ0v) is 25.2. The summed E-state index contributed by atoms with van der Waals surface area (Å²) in [7, 11) is 0. The van der Waals surface area contributed by atoms with Gasteiger partial charge in [-0.1, -0.05) is 97.6 Å². The normalized spacial score (nSPS) is 35.9. The van der Waals surface area contributed by atoms with Gasteiger partial charge in [0.1, 0.15) is 6.10 Å². The first kappa shape index (κ1) is 29.2. The molecule has 0 aromatic rings. The number of esters is 1. The van der Waals surface area contributed by atoms with Gasteiger partial charge in [-0.15, -0.1) is 0 Å². The van der Waals surface area contributed by atoms with Crippen molar-refractivity contribution in [3.8, 4) is 0 Å². The van der Waals surface area contributed by atoms with Gasteiger partial charge in [0.15, 0.2) is 0 Å². The van der Waals surface area contributed by atoms with Gasteiger partial charge in [0.2, 0.25) is 0 Å². The average molecular weight is 513 g/mol. The van der Waals surface area contributed by atoms with E-state index in [1.807, 2.05) is 0 Å². The smallest absolute Gasteiger partial charge is 0.306 e. The second-order valence-corrected chi connectivity index (χ2v) is 14.5. The van der Waals surface area contributed by atoms with Crippen molar-refractivity contribution in [3.63, 3.8) is 0 Å². The lowest BCUT2D eigenvalue weighted by molar-refractivity contribution is -0.150. The highest BCUT2D eigenvalue weighted by atomic mass is 16.5. The molecule has 3 fully saturated rings. The zero-order valence-electron chi connectivity index (χ0n) is 25.2. The van der Waals surface area contributed by atoms with E-state index in [2.05, 4.69) is 40.7 Å². The summed E-state index contributed by atoms with van der Waals surface area (Å²) in [6.07, 6.45) is 25.5. The van der Waals surface area contributed by atoms with Gasteiger partial charge < -0.3 is 4.74 Å². The van der Waals surface area contributed by atoms with Crippen molar-refractivity contribution < 1.29 is 9.53 Å². The molecule has 212 valence electrons. The summed E-state index contributed by atoms with van der Waals surface area (Å²) in [6, 6.07) is 0. The molecule has 2 heteroatoms. The average Bonchev–Trinajstić information content (AvgIpc) is 3.23. The molecule has 0 aromatic carbocycles. The maximum Gasteiger partial charge on any atom is 0.306 e. The highest BCUT2D eigenvalue weighted by Crippen LogP contribution is 2.64. The summed E-state index contributed by atoms with van der Waals surface area (Å²) in [5.41, 5.74) is 2.23. The van der Waals surface area contributed by atoms with Gasteiger partial charge in [0.05, 0.1) is 0 Å². The summed E-state index contributed by atoms with van der Waals surface area (Å²) < 4.78 is 6.00. The summed E-state index contributed by atoms with van der Waals surface area (Å²) in [5, 5.41) is 0. The molecule has 0 N–H and O–H groups in total. The minimum atomic E-state index is 0.0566. The van der Waals surface area contributed by atoms with E-state index in [1.165, 1.54) is 89.9 Å². The zero-order chi connectivity index (χ0) is 26.4. The van der Waals surface area contributed by atoms with Crippen LogP contribution in [0.4, 0.5) is 0 Å². The molecule has 0 radical (unpaired) electrons. The van der Waals surface area contributed by atoms with Crippen LogP contribution in [0.1, 0.15) is 150 Å². The van der Waals surface area contributed by atoms with Gasteiger partial charge in [0.25, 0.3) is 0 Å². The molecule has 0 spiro atoms. The number of unbranched alkanes of at least 4 members (excludes halogenated alkanes) is 5. The van der Waals surface area contributed by atoms with Gasteiger partial charge >= 0.3 is 5.97 Å². The van der Waals surface area contributed by atoms with Crippen molar-refractivity contribution >= 4 is 5.97 Å². The summed E-state index contributed by atoms with van der Waals surface area (Å²) in [5.74, 6) is 6.26. The standard InChI is InChI=1S/C35H60O2/c1-6-7-8-9-10-11-15-34(36)37-28-17-19-29-27(24-28)16-18-31-30(29)22-23-35(5)32(20-21-33(31)35)26(4)14-12-13-25(2)3/h16,25-26,28-33H,6-15,17-24H2,1-5H3/t26-,28+,29?,30+,31-,32-,33-,35-/m1/s1. The Labute approximate surface area is 230 Å². The molecule has 0 saturated heterocycles. The van der Waals surface area contributed by atoms with Crippen molar-refractivity contribution in [3.05, 3.63) is 11.6 Å². The molecule has 0 amide bonds. The number of hydrogen-bond donors (Lipinski definition) is 0. The van der Waals surface area contributed by atoms with Crippen LogP contribution in [-0.2, 0) is 9.53 Å².